The molecule has 1 unspecified atom stereocenters. The maximum Gasteiger partial charge on any atom is 0.485 e. The van der Waals surface area contributed by atoms with Crippen LogP contribution in [0.2, 0.25) is 0 Å². The first-order valence-electron chi connectivity index (χ1n) is 7.82. The Morgan fingerprint density at radius 3 is 1.96 bits per heavy atom. The Kier molecular flexibility index (Phi) is 8.37. The molecule has 23 heavy (non-hydrogen) atoms. The Morgan fingerprint density at radius 1 is 1.04 bits per heavy atom. The Bertz CT molecular complexity index is 469. The molecule has 2 aliphatic rings. The van der Waals surface area contributed by atoms with Gasteiger partial charge in [0, 0.05) is 18.8 Å². The zero-order chi connectivity index (χ0) is 17.5. The normalized spacial score (nSPS) is 24.0. The molecule has 0 amide bonds. The van der Waals surface area contributed by atoms with Gasteiger partial charge in [-0.15, -0.1) is 0 Å². The van der Waals surface area contributed by atoms with Crippen LogP contribution in [0.1, 0.15) is 57.8 Å². The number of hydrogen-bond donors (Lipinski definition) is 0. The van der Waals surface area contributed by atoms with Crippen molar-refractivity contribution in [2.45, 2.75) is 68.5 Å². The van der Waals surface area contributed by atoms with E-state index in [1.807, 2.05) is 0 Å². The fraction of sp³-hybridized carbons (Fsp3) is 0.929. The van der Waals surface area contributed by atoms with Gasteiger partial charge in [-0.25, -0.2) is 8.42 Å². The van der Waals surface area contributed by atoms with E-state index in [2.05, 4.69) is 0 Å². The van der Waals surface area contributed by atoms with Gasteiger partial charge in [-0.3, -0.25) is 4.79 Å². The monoisotopic (exact) mass is 376 g/mol. The van der Waals surface area contributed by atoms with E-state index in [9.17, 15) is 18.0 Å². The van der Waals surface area contributed by atoms with Crippen molar-refractivity contribution in [3.05, 3.63) is 0 Å². The highest BCUT2D eigenvalue weighted by Crippen LogP contribution is 2.25. The van der Waals surface area contributed by atoms with Crippen LogP contribution in [0.3, 0.4) is 0 Å². The molecule has 2 fully saturated rings. The van der Waals surface area contributed by atoms with E-state index in [4.69, 9.17) is 13.0 Å². The molecule has 0 N–H and O–H groups in total. The van der Waals surface area contributed by atoms with Gasteiger partial charge < -0.3 is 4.55 Å². The summed E-state index contributed by atoms with van der Waals surface area (Å²) in [6.07, 6.45) is 11.8. The number of carbonyl (C=O) groups is 1. The van der Waals surface area contributed by atoms with Crippen molar-refractivity contribution in [3.63, 3.8) is 0 Å². The first-order chi connectivity index (χ1) is 10.6. The Morgan fingerprint density at radius 2 is 1.57 bits per heavy atom. The number of thiol groups is 1. The van der Waals surface area contributed by atoms with Gasteiger partial charge in [0.25, 0.3) is 0 Å². The molecular formula is C14H23F3O4S2. The summed E-state index contributed by atoms with van der Waals surface area (Å²) in [6.45, 7) is 0. The Balaban J connectivity index is 0.000000284. The summed E-state index contributed by atoms with van der Waals surface area (Å²) in [4.78, 5) is 11.5. The van der Waals surface area contributed by atoms with E-state index >= 15 is 0 Å². The van der Waals surface area contributed by atoms with Gasteiger partial charge in [0.1, 0.15) is 5.75 Å². The summed E-state index contributed by atoms with van der Waals surface area (Å²) in [7, 11) is -6.09. The van der Waals surface area contributed by atoms with Crippen LogP contribution in [0.5, 0.6) is 0 Å². The summed E-state index contributed by atoms with van der Waals surface area (Å²) in [5, 5.41) is 0.424. The number of hydrogen-bond acceptors (Lipinski definition) is 4. The molecule has 4 nitrogen and oxygen atoms in total. The molecule has 0 heterocycles. The van der Waals surface area contributed by atoms with Gasteiger partial charge >= 0.3 is 5.51 Å². The lowest BCUT2D eigenvalue weighted by atomic mass is 10.0. The van der Waals surface area contributed by atoms with Gasteiger partial charge in [-0.1, -0.05) is 25.7 Å². The average molecular weight is 376 g/mol. The Labute approximate surface area is 139 Å². The molecule has 0 spiro atoms. The van der Waals surface area contributed by atoms with E-state index in [1.54, 1.807) is 0 Å². The van der Waals surface area contributed by atoms with Gasteiger partial charge in [-0.05, 0) is 31.0 Å². The standard InChI is InChI=1S/C13H22OS.CHF3O3S/c14-12-8-5-9-13(12)15-10-11-6-3-1-2-4-7-11;2-1(3,4)8(5,6)7/h11,13H,1-10H2;(H,5,6,7). The predicted octanol–water partition coefficient (Wildman–Crippen LogP) is 2.94. The summed E-state index contributed by atoms with van der Waals surface area (Å²) in [5.41, 5.74) is -5.65. The van der Waals surface area contributed by atoms with E-state index in [0.29, 0.717) is 11.0 Å². The molecule has 136 valence electrons. The third-order valence-electron chi connectivity index (χ3n) is 4.11. The van der Waals surface area contributed by atoms with Crippen molar-refractivity contribution in [2.24, 2.45) is 5.92 Å². The summed E-state index contributed by atoms with van der Waals surface area (Å²) >= 11 is 1.45. The molecule has 2 aliphatic carbocycles. The van der Waals surface area contributed by atoms with Crippen LogP contribution in [-0.2, 0) is 26.7 Å². The zero-order valence-corrected chi connectivity index (χ0v) is 14.6. The predicted molar refractivity (Wildman–Crippen MR) is 83.2 cm³/mol. The number of alkyl halides is 3. The molecule has 0 saturated heterocycles. The van der Waals surface area contributed by atoms with Gasteiger partial charge in [0.15, 0.2) is 21.2 Å². The first-order valence-corrected chi connectivity index (χ1v) is 10.4. The van der Waals surface area contributed by atoms with E-state index < -0.39 is 15.6 Å². The van der Waals surface area contributed by atoms with Crippen molar-refractivity contribution in [1.29, 1.82) is 0 Å². The highest BCUT2D eigenvalue weighted by molar-refractivity contribution is 7.86. The third kappa shape index (κ3) is 7.89. The molecule has 0 aromatic rings. The smallest absolute Gasteiger partial charge is 0.485 e. The fourth-order valence-electron chi connectivity index (χ4n) is 2.81. The lowest BCUT2D eigenvalue weighted by Gasteiger charge is -2.10. The third-order valence-corrected chi connectivity index (χ3v) is 6.40. The number of ketones is 1. The molecule has 2 rings (SSSR count). The fourth-order valence-corrected chi connectivity index (χ4v) is 4.43. The van der Waals surface area contributed by atoms with Crippen molar-refractivity contribution in [2.75, 3.05) is 5.75 Å². The minimum absolute atomic E-state index is 0.424. The van der Waals surface area contributed by atoms with Crippen LogP contribution < -0.4 is 0 Å². The van der Waals surface area contributed by atoms with Gasteiger partial charge in [0.2, 0.25) is 0 Å². The highest BCUT2D eigenvalue weighted by atomic mass is 32.2. The van der Waals surface area contributed by atoms with Gasteiger partial charge in [-0.2, -0.15) is 13.2 Å². The van der Waals surface area contributed by atoms with Crippen LogP contribution in [0.25, 0.3) is 0 Å². The van der Waals surface area contributed by atoms with Crippen LogP contribution in [0, 0.1) is 5.92 Å². The Hall–Kier alpha value is -0.280. The molecule has 2 saturated carbocycles. The summed E-state index contributed by atoms with van der Waals surface area (Å²) in [5.74, 6) is 2.78. The number of rotatable bonds is 3. The second-order valence-corrected chi connectivity index (χ2v) is 8.72. The zero-order valence-electron chi connectivity index (χ0n) is 12.8. The average Bonchev–Trinajstić information content (AvgIpc) is 2.68. The lowest BCUT2D eigenvalue weighted by molar-refractivity contribution is -0.116. The highest BCUT2D eigenvalue weighted by Gasteiger charge is 2.37. The molecule has 0 bridgehead atoms. The van der Waals surface area contributed by atoms with Crippen molar-refractivity contribution in [1.82, 2.24) is 0 Å². The molecule has 0 aliphatic heterocycles. The SMILES string of the molecule is O=C1CCCC1[SH+]CC1CCCCCC1.O=S(=O)([O-])C(F)(F)F. The van der Waals surface area contributed by atoms with Crippen LogP contribution in [0.15, 0.2) is 0 Å². The minimum atomic E-state index is -6.09. The molecular weight excluding hydrogens is 353 g/mol. The van der Waals surface area contributed by atoms with E-state index in [-0.39, 0.29) is 0 Å². The van der Waals surface area contributed by atoms with Crippen LogP contribution in [0.4, 0.5) is 13.2 Å². The van der Waals surface area contributed by atoms with Crippen LogP contribution in [-0.4, -0.2) is 35.3 Å². The largest absolute Gasteiger partial charge is 0.741 e. The molecule has 0 aromatic carbocycles. The topological polar surface area (TPSA) is 74.3 Å². The van der Waals surface area contributed by atoms with Crippen LogP contribution >= 0.6 is 0 Å². The van der Waals surface area contributed by atoms with Crippen molar-refractivity contribution >= 4 is 27.7 Å². The minimum Gasteiger partial charge on any atom is -0.741 e. The number of carbonyl (C=O) groups excluding carboxylic acids is 1. The maximum absolute atomic E-state index is 11.5. The quantitative estimate of drug-likeness (QED) is 0.250. The molecule has 0 aromatic heterocycles. The van der Waals surface area contributed by atoms with E-state index in [1.165, 1.54) is 62.5 Å². The van der Waals surface area contributed by atoms with Gasteiger partial charge in [0.05, 0.1) is 0 Å². The summed E-state index contributed by atoms with van der Waals surface area (Å²) < 4.78 is 58.9. The van der Waals surface area contributed by atoms with E-state index in [0.717, 1.165) is 18.8 Å². The molecule has 0 radical (unpaired) electrons. The maximum atomic E-state index is 11.5. The second-order valence-electron chi connectivity index (χ2n) is 6.00. The van der Waals surface area contributed by atoms with Crippen molar-refractivity contribution in [3.8, 4) is 0 Å². The second kappa shape index (κ2) is 9.27. The molecule has 1 atom stereocenters. The molecule has 9 heteroatoms. The summed E-state index contributed by atoms with van der Waals surface area (Å²) in [6, 6.07) is 0. The lowest BCUT2D eigenvalue weighted by Crippen LogP contribution is -2.21. The number of Topliss-reactive ketones (excluding diaryl/α,β-unsaturated/α-hetero) is 1. The van der Waals surface area contributed by atoms with Crippen molar-refractivity contribution < 1.29 is 30.9 Å². The first kappa shape index (κ1) is 20.8. The number of halogens is 3.